The van der Waals surface area contributed by atoms with Gasteiger partial charge in [0.2, 0.25) is 0 Å². The Bertz CT molecular complexity index is 1070. The maximum atomic E-state index is 12.8. The van der Waals surface area contributed by atoms with Crippen molar-refractivity contribution in [3.8, 4) is 0 Å². The summed E-state index contributed by atoms with van der Waals surface area (Å²) >= 11 is 1.09. The number of fused-ring (bicyclic) bond motifs is 3. The van der Waals surface area contributed by atoms with Crippen molar-refractivity contribution in [1.29, 1.82) is 0 Å². The van der Waals surface area contributed by atoms with Crippen LogP contribution in [0.25, 0.3) is 4.83 Å². The first-order chi connectivity index (χ1) is 11.0. The highest BCUT2D eigenvalue weighted by Gasteiger charge is 2.42. The number of benzene rings is 1. The first-order valence-electron chi connectivity index (χ1n) is 6.84. The quantitative estimate of drug-likeness (QED) is 0.634. The van der Waals surface area contributed by atoms with Crippen molar-refractivity contribution in [1.82, 2.24) is 14.6 Å². The van der Waals surface area contributed by atoms with Crippen LogP contribution in [0.5, 0.6) is 0 Å². The second-order valence-electron chi connectivity index (χ2n) is 5.22. The number of aryl methyl sites for hydroxylation is 2. The zero-order chi connectivity index (χ0) is 16.3. The number of anilines is 1. The van der Waals surface area contributed by atoms with E-state index in [2.05, 4.69) is 10.2 Å². The molecule has 0 spiro atoms. The molecule has 1 aliphatic rings. The van der Waals surface area contributed by atoms with E-state index in [0.717, 1.165) is 21.8 Å². The largest absolute Gasteiger partial charge is 0.372 e. The van der Waals surface area contributed by atoms with Gasteiger partial charge in [0, 0.05) is 0 Å². The van der Waals surface area contributed by atoms with Crippen LogP contribution in [0.4, 0.5) is 5.69 Å². The highest BCUT2D eigenvalue weighted by molar-refractivity contribution is 7.20. The van der Waals surface area contributed by atoms with Gasteiger partial charge >= 0.3 is 5.69 Å². The predicted molar refractivity (Wildman–Crippen MR) is 84.2 cm³/mol. The van der Waals surface area contributed by atoms with Gasteiger partial charge in [-0.15, -0.1) is 16.4 Å². The number of nitrogens with zero attached hydrogens (tertiary/aromatic N) is 4. The van der Waals surface area contributed by atoms with Gasteiger partial charge in [-0.1, -0.05) is 23.3 Å². The molecule has 0 aliphatic carbocycles. The van der Waals surface area contributed by atoms with Crippen LogP contribution in [0, 0.1) is 13.8 Å². The molecule has 0 saturated carbocycles. The van der Waals surface area contributed by atoms with Crippen LogP contribution in [0.2, 0.25) is 0 Å². The van der Waals surface area contributed by atoms with Crippen LogP contribution >= 0.6 is 11.3 Å². The Morgan fingerprint density at radius 2 is 1.74 bits per heavy atom. The molecule has 0 saturated heterocycles. The molecule has 7 nitrogen and oxygen atoms in total. The van der Waals surface area contributed by atoms with Crippen molar-refractivity contribution >= 4 is 33.7 Å². The lowest BCUT2D eigenvalue weighted by Gasteiger charge is -2.16. The Hall–Kier alpha value is -2.87. The number of imide groups is 1. The molecule has 114 valence electrons. The third-order valence-corrected chi connectivity index (χ3v) is 5.03. The Morgan fingerprint density at radius 3 is 2.48 bits per heavy atom. The zero-order valence-electron chi connectivity index (χ0n) is 12.2. The zero-order valence-corrected chi connectivity index (χ0v) is 13.0. The first-order valence-corrected chi connectivity index (χ1v) is 7.65. The third-order valence-electron chi connectivity index (χ3n) is 3.79. The summed E-state index contributed by atoms with van der Waals surface area (Å²) in [7, 11) is 0. The second-order valence-corrected chi connectivity index (χ2v) is 6.22. The lowest BCUT2D eigenvalue weighted by Crippen LogP contribution is -2.32. The van der Waals surface area contributed by atoms with Gasteiger partial charge in [0.1, 0.15) is 15.4 Å². The van der Waals surface area contributed by atoms with Crippen LogP contribution in [0.3, 0.4) is 0 Å². The van der Waals surface area contributed by atoms with Crippen molar-refractivity contribution in [2.45, 2.75) is 13.8 Å². The maximum Gasteiger partial charge on any atom is 0.372 e. The van der Waals surface area contributed by atoms with Crippen LogP contribution in [-0.4, -0.2) is 26.4 Å². The van der Waals surface area contributed by atoms with Crippen molar-refractivity contribution in [2.24, 2.45) is 0 Å². The number of hydrogen-bond acceptors (Lipinski definition) is 6. The number of rotatable bonds is 1. The minimum atomic E-state index is -0.657. The van der Waals surface area contributed by atoms with Crippen LogP contribution in [0.15, 0.2) is 29.1 Å². The molecule has 2 amide bonds. The Morgan fingerprint density at radius 1 is 1.00 bits per heavy atom. The molecule has 3 aromatic rings. The van der Waals surface area contributed by atoms with Gasteiger partial charge in [-0.05, 0) is 25.5 Å². The van der Waals surface area contributed by atoms with Crippen molar-refractivity contribution in [3.63, 3.8) is 0 Å². The maximum absolute atomic E-state index is 12.8. The average Bonchev–Trinajstić information content (AvgIpc) is 3.03. The molecular formula is C15H10N4O3S. The van der Waals surface area contributed by atoms with Gasteiger partial charge in [0.15, 0.2) is 0 Å². The minimum absolute atomic E-state index is 0.0706. The topological polar surface area (TPSA) is 84.6 Å². The number of aromatic nitrogens is 3. The van der Waals surface area contributed by atoms with Crippen molar-refractivity contribution < 1.29 is 9.59 Å². The summed E-state index contributed by atoms with van der Waals surface area (Å²) in [4.78, 5) is 39.4. The lowest BCUT2D eigenvalue weighted by atomic mass is 10.2. The molecule has 0 unspecified atom stereocenters. The number of para-hydroxylation sites is 1. The summed E-state index contributed by atoms with van der Waals surface area (Å²) in [5.41, 5.74) is 1.24. The SMILES string of the molecule is Cc1ccccc1N1C(=O)c2sc3c(C)nnc(=O)n3c2C1=O. The Labute approximate surface area is 133 Å². The van der Waals surface area contributed by atoms with E-state index in [4.69, 9.17) is 0 Å². The van der Waals surface area contributed by atoms with Crippen LogP contribution in [-0.2, 0) is 0 Å². The van der Waals surface area contributed by atoms with Gasteiger partial charge in [-0.3, -0.25) is 9.59 Å². The predicted octanol–water partition coefficient (Wildman–Crippen LogP) is 1.57. The number of carbonyl (C=O) groups excluding carboxylic acids is 2. The molecule has 0 bridgehead atoms. The molecule has 8 heteroatoms. The van der Waals surface area contributed by atoms with Gasteiger partial charge in [-0.25, -0.2) is 14.1 Å². The van der Waals surface area contributed by atoms with Crippen molar-refractivity contribution in [2.75, 3.05) is 4.90 Å². The summed E-state index contributed by atoms with van der Waals surface area (Å²) in [5, 5.41) is 7.27. The first kappa shape index (κ1) is 13.8. The molecule has 0 fully saturated rings. The lowest BCUT2D eigenvalue weighted by molar-refractivity contribution is 0.0924. The third kappa shape index (κ3) is 1.72. The standard InChI is InChI=1S/C15H10N4O3S/c1-7-5-3-4-6-9(7)18-12(20)10-11(13(18)21)23-14-8(2)16-17-15(22)19(10)14/h3-6H,1-2H3. The fourth-order valence-electron chi connectivity index (χ4n) is 2.69. The summed E-state index contributed by atoms with van der Waals surface area (Å²) < 4.78 is 1.18. The van der Waals surface area contributed by atoms with Crippen LogP contribution < -0.4 is 10.6 Å². The van der Waals surface area contributed by atoms with E-state index < -0.39 is 17.5 Å². The normalized spacial score (nSPS) is 13.9. The van der Waals surface area contributed by atoms with Crippen LogP contribution in [0.1, 0.15) is 31.4 Å². The molecule has 23 heavy (non-hydrogen) atoms. The molecule has 2 aromatic heterocycles. The molecular weight excluding hydrogens is 316 g/mol. The Kier molecular flexibility index (Phi) is 2.73. The van der Waals surface area contributed by atoms with E-state index in [0.29, 0.717) is 16.2 Å². The summed E-state index contributed by atoms with van der Waals surface area (Å²) in [6.07, 6.45) is 0. The highest BCUT2D eigenvalue weighted by Crippen LogP contribution is 2.35. The van der Waals surface area contributed by atoms with E-state index in [1.165, 1.54) is 4.40 Å². The number of amides is 2. The van der Waals surface area contributed by atoms with E-state index >= 15 is 0 Å². The van der Waals surface area contributed by atoms with E-state index in [9.17, 15) is 14.4 Å². The van der Waals surface area contributed by atoms with Gasteiger partial charge in [-0.2, -0.15) is 0 Å². The van der Waals surface area contributed by atoms with E-state index in [1.54, 1.807) is 19.1 Å². The second kappa shape index (κ2) is 4.56. The molecule has 1 aliphatic heterocycles. The van der Waals surface area contributed by atoms with Gasteiger partial charge in [0.25, 0.3) is 11.8 Å². The minimum Gasteiger partial charge on any atom is -0.267 e. The van der Waals surface area contributed by atoms with E-state index in [-0.39, 0.29) is 10.6 Å². The van der Waals surface area contributed by atoms with E-state index in [1.807, 2.05) is 19.1 Å². The summed E-state index contributed by atoms with van der Waals surface area (Å²) in [6.45, 7) is 3.50. The molecule has 0 atom stereocenters. The highest BCUT2D eigenvalue weighted by atomic mass is 32.1. The smallest absolute Gasteiger partial charge is 0.267 e. The summed E-state index contributed by atoms with van der Waals surface area (Å²) in [6, 6.07) is 7.12. The Balaban J connectivity index is 2.00. The molecule has 0 N–H and O–H groups in total. The van der Waals surface area contributed by atoms with Crippen molar-refractivity contribution in [3.05, 3.63) is 56.6 Å². The molecule has 1 aromatic carbocycles. The average molecular weight is 326 g/mol. The summed E-state index contributed by atoms with van der Waals surface area (Å²) in [5.74, 6) is -0.938. The number of carbonyl (C=O) groups is 2. The monoisotopic (exact) mass is 326 g/mol. The number of thiazole rings is 1. The van der Waals surface area contributed by atoms with Gasteiger partial charge < -0.3 is 0 Å². The fraction of sp³-hybridized carbons (Fsp3) is 0.133. The fourth-order valence-corrected chi connectivity index (χ4v) is 3.78. The molecule has 0 radical (unpaired) electrons. The molecule has 4 rings (SSSR count). The number of hydrogen-bond donors (Lipinski definition) is 0. The van der Waals surface area contributed by atoms with Gasteiger partial charge in [0.05, 0.1) is 11.4 Å². The molecule has 3 heterocycles.